The molecule has 1 saturated heterocycles. The first-order valence-electron chi connectivity index (χ1n) is 10.7. The van der Waals surface area contributed by atoms with Gasteiger partial charge in [-0.1, -0.05) is 0 Å². The maximum atomic E-state index is 13.0. The van der Waals surface area contributed by atoms with Gasteiger partial charge in [0.05, 0.1) is 18.8 Å². The number of aromatic nitrogens is 3. The average Bonchev–Trinajstić information content (AvgIpc) is 3.23. The smallest absolute Gasteiger partial charge is 0.270 e. The predicted octanol–water partition coefficient (Wildman–Crippen LogP) is 2.08. The minimum atomic E-state index is -0.680. The Hall–Kier alpha value is -2.77. The molecule has 1 amide bonds. The van der Waals surface area contributed by atoms with Gasteiger partial charge >= 0.3 is 0 Å². The summed E-state index contributed by atoms with van der Waals surface area (Å²) in [6, 6.07) is 5.83. The van der Waals surface area contributed by atoms with Crippen LogP contribution in [-0.2, 0) is 24.0 Å². The topological polar surface area (TPSA) is 88.8 Å². The SMILES string of the molecule is O=C(N[C@H]1CCOC[C@@H]1O)c1cc(Cc2ccn3ccnc3c2)c2c(n1)CCCC2. The Kier molecular flexibility index (Phi) is 5.23. The quantitative estimate of drug-likeness (QED) is 0.693. The average molecular weight is 406 g/mol. The van der Waals surface area contributed by atoms with Crippen LogP contribution in [0.5, 0.6) is 0 Å². The molecule has 3 aromatic heterocycles. The van der Waals surface area contributed by atoms with E-state index < -0.39 is 6.10 Å². The fourth-order valence-electron chi connectivity index (χ4n) is 4.48. The highest BCUT2D eigenvalue weighted by Crippen LogP contribution is 2.26. The molecule has 4 heterocycles. The molecule has 1 aliphatic carbocycles. The lowest BCUT2D eigenvalue weighted by Gasteiger charge is -2.28. The number of ether oxygens (including phenoxy) is 1. The summed E-state index contributed by atoms with van der Waals surface area (Å²) in [5.41, 5.74) is 6.01. The van der Waals surface area contributed by atoms with Crippen molar-refractivity contribution in [3.63, 3.8) is 0 Å². The van der Waals surface area contributed by atoms with Crippen molar-refractivity contribution in [2.24, 2.45) is 0 Å². The van der Waals surface area contributed by atoms with Crippen LogP contribution in [0.25, 0.3) is 5.65 Å². The Balaban J connectivity index is 1.44. The van der Waals surface area contributed by atoms with Crippen LogP contribution in [-0.4, -0.2) is 50.7 Å². The number of fused-ring (bicyclic) bond motifs is 2. The molecule has 7 nitrogen and oxygen atoms in total. The number of nitrogens with one attached hydrogen (secondary N) is 1. The Bertz CT molecular complexity index is 1080. The fourth-order valence-corrected chi connectivity index (χ4v) is 4.48. The largest absolute Gasteiger partial charge is 0.389 e. The van der Waals surface area contributed by atoms with Crippen LogP contribution in [0.3, 0.4) is 0 Å². The zero-order valence-corrected chi connectivity index (χ0v) is 16.9. The zero-order chi connectivity index (χ0) is 20.5. The number of carbonyl (C=O) groups is 1. The number of hydrogen-bond acceptors (Lipinski definition) is 5. The van der Waals surface area contributed by atoms with Gasteiger partial charge in [0, 0.05) is 30.9 Å². The van der Waals surface area contributed by atoms with Gasteiger partial charge in [-0.2, -0.15) is 0 Å². The van der Waals surface area contributed by atoms with Crippen LogP contribution in [0, 0.1) is 0 Å². The molecule has 0 bridgehead atoms. The first-order valence-corrected chi connectivity index (χ1v) is 10.7. The summed E-state index contributed by atoms with van der Waals surface area (Å²) in [7, 11) is 0. The van der Waals surface area contributed by atoms with Crippen molar-refractivity contribution in [3.05, 3.63) is 64.9 Å². The second-order valence-corrected chi connectivity index (χ2v) is 8.21. The number of carbonyl (C=O) groups excluding carboxylic acids is 1. The van der Waals surface area contributed by atoms with Crippen LogP contribution in [0.2, 0.25) is 0 Å². The van der Waals surface area contributed by atoms with Crippen molar-refractivity contribution >= 4 is 11.6 Å². The zero-order valence-electron chi connectivity index (χ0n) is 16.9. The minimum Gasteiger partial charge on any atom is -0.389 e. The standard InChI is InChI=1S/C23H26N4O3/c28-21-14-30-10-6-19(21)26-23(29)20-13-16(17-3-1-2-4-18(17)25-20)11-15-5-8-27-9-7-24-22(27)12-15/h5,7-9,12-13,19,21,28H,1-4,6,10-11,14H2,(H,26,29)/t19-,21-/m0/s1. The Labute approximate surface area is 175 Å². The monoisotopic (exact) mass is 406 g/mol. The number of rotatable bonds is 4. The summed E-state index contributed by atoms with van der Waals surface area (Å²) in [6.07, 6.45) is 10.6. The summed E-state index contributed by atoms with van der Waals surface area (Å²) in [5.74, 6) is -0.223. The van der Waals surface area contributed by atoms with E-state index >= 15 is 0 Å². The number of hydrogen-bond donors (Lipinski definition) is 2. The van der Waals surface area contributed by atoms with Crippen LogP contribution in [0.1, 0.15) is 52.1 Å². The molecular formula is C23H26N4O3. The molecule has 1 fully saturated rings. The number of pyridine rings is 2. The van der Waals surface area contributed by atoms with E-state index in [4.69, 9.17) is 9.72 Å². The molecule has 156 valence electrons. The molecule has 0 aromatic carbocycles. The van der Waals surface area contributed by atoms with E-state index in [1.807, 2.05) is 22.9 Å². The van der Waals surface area contributed by atoms with E-state index in [-0.39, 0.29) is 18.6 Å². The number of aryl methyl sites for hydroxylation is 1. The van der Waals surface area contributed by atoms with Crippen LogP contribution < -0.4 is 5.32 Å². The number of nitrogens with zero attached hydrogens (tertiary/aromatic N) is 3. The van der Waals surface area contributed by atoms with E-state index in [0.29, 0.717) is 18.7 Å². The molecular weight excluding hydrogens is 380 g/mol. The number of amides is 1. The molecule has 5 rings (SSSR count). The van der Waals surface area contributed by atoms with Gasteiger partial charge in [-0.15, -0.1) is 0 Å². The highest BCUT2D eigenvalue weighted by atomic mass is 16.5. The Morgan fingerprint density at radius 2 is 2.17 bits per heavy atom. The van der Waals surface area contributed by atoms with Gasteiger partial charge in [0.15, 0.2) is 0 Å². The van der Waals surface area contributed by atoms with E-state index in [1.54, 1.807) is 6.20 Å². The number of aliphatic hydroxyl groups is 1. The Morgan fingerprint density at radius 1 is 1.27 bits per heavy atom. The molecule has 0 saturated carbocycles. The third-order valence-electron chi connectivity index (χ3n) is 6.12. The van der Waals surface area contributed by atoms with Crippen molar-refractivity contribution in [2.75, 3.05) is 13.2 Å². The summed E-state index contributed by atoms with van der Waals surface area (Å²) < 4.78 is 7.25. The van der Waals surface area contributed by atoms with Crippen molar-refractivity contribution in [3.8, 4) is 0 Å². The second kappa shape index (κ2) is 8.16. The van der Waals surface area contributed by atoms with Gasteiger partial charge in [-0.3, -0.25) is 4.79 Å². The lowest BCUT2D eigenvalue weighted by atomic mass is 9.89. The maximum Gasteiger partial charge on any atom is 0.270 e. The molecule has 2 aliphatic rings. The van der Waals surface area contributed by atoms with Gasteiger partial charge in [-0.05, 0) is 73.4 Å². The third-order valence-corrected chi connectivity index (χ3v) is 6.12. The van der Waals surface area contributed by atoms with Crippen LogP contribution in [0.4, 0.5) is 0 Å². The molecule has 0 spiro atoms. The molecule has 7 heteroatoms. The second-order valence-electron chi connectivity index (χ2n) is 8.21. The van der Waals surface area contributed by atoms with Crippen molar-refractivity contribution < 1.29 is 14.6 Å². The van der Waals surface area contributed by atoms with Crippen molar-refractivity contribution in [1.29, 1.82) is 0 Å². The lowest BCUT2D eigenvalue weighted by molar-refractivity contribution is -0.0261. The van der Waals surface area contributed by atoms with Crippen molar-refractivity contribution in [1.82, 2.24) is 19.7 Å². The lowest BCUT2D eigenvalue weighted by Crippen LogP contribution is -2.48. The highest BCUT2D eigenvalue weighted by Gasteiger charge is 2.27. The van der Waals surface area contributed by atoms with Crippen LogP contribution >= 0.6 is 0 Å². The first kappa shape index (κ1) is 19.2. The summed E-state index contributed by atoms with van der Waals surface area (Å²) in [5, 5.41) is 13.1. The molecule has 0 unspecified atom stereocenters. The number of imidazole rings is 1. The summed E-state index contributed by atoms with van der Waals surface area (Å²) >= 11 is 0. The van der Waals surface area contributed by atoms with E-state index in [9.17, 15) is 9.90 Å². The minimum absolute atomic E-state index is 0.223. The molecule has 2 atom stereocenters. The summed E-state index contributed by atoms with van der Waals surface area (Å²) in [4.78, 5) is 22.0. The first-order chi connectivity index (χ1) is 14.7. The van der Waals surface area contributed by atoms with Gasteiger partial charge < -0.3 is 19.6 Å². The Morgan fingerprint density at radius 3 is 3.07 bits per heavy atom. The fraction of sp³-hybridized carbons (Fsp3) is 0.435. The normalized spacial score (nSPS) is 21.4. The molecule has 1 aliphatic heterocycles. The molecule has 3 aromatic rings. The number of aliphatic hydroxyl groups excluding tert-OH is 1. The van der Waals surface area contributed by atoms with E-state index in [2.05, 4.69) is 22.4 Å². The van der Waals surface area contributed by atoms with E-state index in [1.165, 1.54) is 11.1 Å². The highest BCUT2D eigenvalue weighted by molar-refractivity contribution is 5.93. The van der Waals surface area contributed by atoms with Gasteiger partial charge in [-0.25, -0.2) is 9.97 Å². The van der Waals surface area contributed by atoms with Gasteiger partial charge in [0.2, 0.25) is 0 Å². The van der Waals surface area contributed by atoms with Gasteiger partial charge in [0.1, 0.15) is 11.3 Å². The predicted molar refractivity (Wildman–Crippen MR) is 112 cm³/mol. The molecule has 30 heavy (non-hydrogen) atoms. The summed E-state index contributed by atoms with van der Waals surface area (Å²) in [6.45, 7) is 0.797. The maximum absolute atomic E-state index is 13.0. The van der Waals surface area contributed by atoms with Gasteiger partial charge in [0.25, 0.3) is 5.91 Å². The van der Waals surface area contributed by atoms with Crippen LogP contribution in [0.15, 0.2) is 36.8 Å². The van der Waals surface area contributed by atoms with E-state index in [0.717, 1.165) is 49.0 Å². The third kappa shape index (κ3) is 3.82. The molecule has 2 N–H and O–H groups in total. The molecule has 0 radical (unpaired) electrons. The van der Waals surface area contributed by atoms with Crippen molar-refractivity contribution in [2.45, 2.75) is 50.7 Å².